The standard InChI is InChI=1S/C37H39F3N4.C4H10/c1-20(2)26-9-8-10-27(21(3)4)34(26)43-36(42)30-18-29-28-17-24(39)13-16-32(28)44(25-14-11-23(38)12-15-25)33(29)19-31(30)37(6,7)35(40)22(5)41;1-4(2)3/h8-21,35,41H,1-7H3,(H2,42,43);4H,1-3H3/t35-;/m1./s1. The van der Waals surface area contributed by atoms with E-state index in [4.69, 9.17) is 16.1 Å². The van der Waals surface area contributed by atoms with E-state index >= 15 is 4.39 Å². The molecule has 48 heavy (non-hydrogen) atoms. The van der Waals surface area contributed by atoms with Crippen LogP contribution in [-0.2, 0) is 5.41 Å². The predicted octanol–water partition coefficient (Wildman–Crippen LogP) is 11.7. The van der Waals surface area contributed by atoms with Crippen LogP contribution in [0.2, 0.25) is 0 Å². The number of hydrogen-bond acceptors (Lipinski definition) is 2. The third kappa shape index (κ3) is 7.35. The van der Waals surface area contributed by atoms with E-state index in [1.807, 2.05) is 34.9 Å². The number of alkyl halides is 1. The fourth-order valence-corrected chi connectivity index (χ4v) is 6.15. The van der Waals surface area contributed by atoms with Crippen LogP contribution in [0.15, 0.2) is 77.8 Å². The molecule has 0 saturated heterocycles. The van der Waals surface area contributed by atoms with Crippen molar-refractivity contribution >= 4 is 39.0 Å². The molecule has 0 aliphatic heterocycles. The molecule has 0 unspecified atom stereocenters. The number of nitrogens with two attached hydrogens (primary N) is 1. The highest BCUT2D eigenvalue weighted by atomic mass is 19.1. The second-order valence-electron chi connectivity index (χ2n) is 14.5. The summed E-state index contributed by atoms with van der Waals surface area (Å²) in [6.45, 7) is 19.9. The normalized spacial score (nSPS) is 13.0. The number of nitrogens with one attached hydrogen (secondary N) is 1. The summed E-state index contributed by atoms with van der Waals surface area (Å²) in [4.78, 5) is 5.02. The van der Waals surface area contributed by atoms with Gasteiger partial charge in [-0.1, -0.05) is 80.5 Å². The molecule has 0 spiro atoms. The molecule has 0 amide bonds. The molecule has 7 heteroatoms. The molecule has 1 aromatic heterocycles. The number of fused-ring (bicyclic) bond motifs is 3. The van der Waals surface area contributed by atoms with Gasteiger partial charge < -0.3 is 15.7 Å². The first-order valence-corrected chi connectivity index (χ1v) is 16.7. The Bertz CT molecular complexity index is 1940. The molecular weight excluding hydrogens is 605 g/mol. The molecule has 0 saturated carbocycles. The van der Waals surface area contributed by atoms with Crippen molar-refractivity contribution in [3.8, 4) is 5.69 Å². The molecule has 0 fully saturated rings. The second kappa shape index (κ2) is 14.4. The van der Waals surface area contributed by atoms with E-state index in [0.717, 1.165) is 22.7 Å². The van der Waals surface area contributed by atoms with Crippen LogP contribution in [0.1, 0.15) is 103 Å². The Balaban J connectivity index is 0.00000123. The topological polar surface area (TPSA) is 67.2 Å². The highest BCUT2D eigenvalue weighted by Gasteiger charge is 2.36. The predicted molar refractivity (Wildman–Crippen MR) is 198 cm³/mol. The van der Waals surface area contributed by atoms with Crippen molar-refractivity contribution in [3.05, 3.63) is 107 Å². The number of halogens is 3. The summed E-state index contributed by atoms with van der Waals surface area (Å²) in [7, 11) is 0. The van der Waals surface area contributed by atoms with Crippen molar-refractivity contribution in [2.24, 2.45) is 16.6 Å². The van der Waals surface area contributed by atoms with E-state index in [2.05, 4.69) is 48.5 Å². The van der Waals surface area contributed by atoms with Crippen molar-refractivity contribution in [1.29, 1.82) is 5.41 Å². The Morgan fingerprint density at radius 3 is 1.81 bits per heavy atom. The number of hydrogen-bond donors (Lipinski definition) is 2. The van der Waals surface area contributed by atoms with Gasteiger partial charge in [-0.25, -0.2) is 18.2 Å². The number of benzene rings is 4. The summed E-state index contributed by atoms with van der Waals surface area (Å²) in [5.41, 5.74) is 11.6. The van der Waals surface area contributed by atoms with Crippen LogP contribution in [0.5, 0.6) is 0 Å². The molecule has 0 bridgehead atoms. The maximum atomic E-state index is 15.9. The van der Waals surface area contributed by atoms with Crippen molar-refractivity contribution in [2.75, 3.05) is 0 Å². The molecular formula is C41H49F3N4. The summed E-state index contributed by atoms with van der Waals surface area (Å²) in [6, 6.07) is 20.4. The highest BCUT2D eigenvalue weighted by Crippen LogP contribution is 2.41. The Labute approximate surface area is 283 Å². The maximum absolute atomic E-state index is 15.9. The average molecular weight is 655 g/mol. The molecule has 0 aliphatic rings. The van der Waals surface area contributed by atoms with Crippen molar-refractivity contribution in [3.63, 3.8) is 0 Å². The number of amidine groups is 1. The second-order valence-corrected chi connectivity index (χ2v) is 14.5. The van der Waals surface area contributed by atoms with Gasteiger partial charge in [-0.3, -0.25) is 0 Å². The van der Waals surface area contributed by atoms with Gasteiger partial charge in [0, 0.05) is 33.1 Å². The van der Waals surface area contributed by atoms with E-state index in [9.17, 15) is 8.78 Å². The molecule has 5 aromatic rings. The van der Waals surface area contributed by atoms with Gasteiger partial charge in [0.05, 0.1) is 16.7 Å². The van der Waals surface area contributed by atoms with Crippen LogP contribution in [0.25, 0.3) is 27.5 Å². The van der Waals surface area contributed by atoms with Gasteiger partial charge in [-0.2, -0.15) is 0 Å². The first-order chi connectivity index (χ1) is 22.4. The minimum Gasteiger partial charge on any atom is -0.383 e. The highest BCUT2D eigenvalue weighted by molar-refractivity contribution is 6.13. The summed E-state index contributed by atoms with van der Waals surface area (Å²) in [6.07, 6.45) is -1.61. The molecule has 4 aromatic carbocycles. The number of nitrogens with zero attached hydrogens (tertiary/aromatic N) is 2. The van der Waals surface area contributed by atoms with Gasteiger partial charge in [0.2, 0.25) is 0 Å². The lowest BCUT2D eigenvalue weighted by Gasteiger charge is -2.31. The number of aromatic nitrogens is 1. The fourth-order valence-electron chi connectivity index (χ4n) is 6.15. The minimum absolute atomic E-state index is 0.107. The summed E-state index contributed by atoms with van der Waals surface area (Å²) >= 11 is 0. The molecule has 5 rings (SSSR count). The Morgan fingerprint density at radius 2 is 1.29 bits per heavy atom. The smallest absolute Gasteiger partial charge is 0.146 e. The zero-order chi connectivity index (χ0) is 35.7. The quantitative estimate of drug-likeness (QED) is 0.127. The van der Waals surface area contributed by atoms with Gasteiger partial charge in [0.1, 0.15) is 23.6 Å². The first-order valence-electron chi connectivity index (χ1n) is 16.7. The molecule has 4 nitrogen and oxygen atoms in total. The molecule has 3 N–H and O–H groups in total. The lowest BCUT2D eigenvalue weighted by molar-refractivity contribution is 0.286. The van der Waals surface area contributed by atoms with E-state index in [1.165, 1.54) is 31.2 Å². The Kier molecular flexibility index (Phi) is 10.9. The van der Waals surface area contributed by atoms with E-state index in [1.54, 1.807) is 32.0 Å². The van der Waals surface area contributed by atoms with E-state index in [-0.39, 0.29) is 29.2 Å². The van der Waals surface area contributed by atoms with Gasteiger partial charge in [-0.15, -0.1) is 0 Å². The number of rotatable bonds is 8. The molecule has 254 valence electrons. The fraction of sp³-hybridized carbons (Fsp3) is 0.366. The molecule has 0 aliphatic carbocycles. The van der Waals surface area contributed by atoms with Gasteiger partial charge in [-0.05, 0) is 96.0 Å². The van der Waals surface area contributed by atoms with E-state index in [0.29, 0.717) is 38.6 Å². The van der Waals surface area contributed by atoms with Gasteiger partial charge >= 0.3 is 0 Å². The first kappa shape index (κ1) is 36.4. The lowest BCUT2D eigenvalue weighted by Crippen LogP contribution is -2.37. The van der Waals surface area contributed by atoms with Crippen molar-refractivity contribution in [1.82, 2.24) is 4.57 Å². The third-order valence-corrected chi connectivity index (χ3v) is 8.51. The summed E-state index contributed by atoms with van der Waals surface area (Å²) < 4.78 is 46.5. The van der Waals surface area contributed by atoms with Crippen LogP contribution in [0, 0.1) is 23.0 Å². The minimum atomic E-state index is -1.61. The average Bonchev–Trinajstić information content (AvgIpc) is 3.32. The van der Waals surface area contributed by atoms with Gasteiger partial charge in [0.25, 0.3) is 0 Å². The monoisotopic (exact) mass is 654 g/mol. The summed E-state index contributed by atoms with van der Waals surface area (Å²) in [5.74, 6) is 0.632. The van der Waals surface area contributed by atoms with Crippen molar-refractivity contribution in [2.45, 2.75) is 92.7 Å². The zero-order valence-electron chi connectivity index (χ0n) is 29.8. The summed E-state index contributed by atoms with van der Waals surface area (Å²) in [5, 5.41) is 9.49. The third-order valence-electron chi connectivity index (χ3n) is 8.51. The van der Waals surface area contributed by atoms with Crippen LogP contribution < -0.4 is 5.73 Å². The van der Waals surface area contributed by atoms with Crippen LogP contribution in [-0.4, -0.2) is 22.3 Å². The zero-order valence-corrected chi connectivity index (χ0v) is 29.8. The molecule has 0 radical (unpaired) electrons. The lowest BCUT2D eigenvalue weighted by atomic mass is 9.75. The van der Waals surface area contributed by atoms with Gasteiger partial charge in [0.15, 0.2) is 0 Å². The largest absolute Gasteiger partial charge is 0.383 e. The van der Waals surface area contributed by atoms with Crippen LogP contribution in [0.3, 0.4) is 0 Å². The van der Waals surface area contributed by atoms with Crippen LogP contribution in [0.4, 0.5) is 18.9 Å². The Morgan fingerprint density at radius 1 is 0.771 bits per heavy atom. The number of aliphatic imine (C=N–C) groups is 1. The van der Waals surface area contributed by atoms with E-state index < -0.39 is 17.4 Å². The molecule has 1 heterocycles. The SMILES string of the molecule is CC(=N)[C@@H](F)C(C)(C)c1cc2c(cc1C(N)=Nc1c(C(C)C)cccc1C(C)C)c1cc(F)ccc1n2-c1ccc(F)cc1.CC(C)C. The number of para-hydroxylation sites is 1. The molecule has 1 atom stereocenters. The van der Waals surface area contributed by atoms with Crippen LogP contribution >= 0.6 is 0 Å². The maximum Gasteiger partial charge on any atom is 0.146 e. The Hall–Kier alpha value is -4.39. The van der Waals surface area contributed by atoms with Crippen molar-refractivity contribution < 1.29 is 13.2 Å².